The number of H-pyrrole nitrogens is 1. The molecular weight excluding hydrogens is 295 g/mol. The first-order valence-electron chi connectivity index (χ1n) is 7.22. The molecule has 6 nitrogen and oxygen atoms in total. The van der Waals surface area contributed by atoms with Crippen LogP contribution in [0.4, 0.5) is 0 Å². The molecule has 0 aliphatic carbocycles. The SMILES string of the molecule is CCOc1cc(B(O)O)cc(-c2nc3ccccc3c(=O)[nH]2)c1. The molecule has 0 bridgehead atoms. The highest BCUT2D eigenvalue weighted by Crippen LogP contribution is 2.21. The van der Waals surface area contributed by atoms with E-state index in [0.29, 0.717) is 34.6 Å². The van der Waals surface area contributed by atoms with Crippen molar-refractivity contribution in [3.63, 3.8) is 0 Å². The first-order chi connectivity index (χ1) is 11.1. The van der Waals surface area contributed by atoms with Crippen molar-refractivity contribution in [3.05, 3.63) is 52.8 Å². The Hall–Kier alpha value is -2.64. The van der Waals surface area contributed by atoms with E-state index in [1.165, 1.54) is 6.07 Å². The molecule has 0 amide bonds. The first-order valence-corrected chi connectivity index (χ1v) is 7.22. The second-order valence-electron chi connectivity index (χ2n) is 5.03. The number of fused-ring (bicyclic) bond motifs is 1. The molecule has 0 saturated carbocycles. The third-order valence-electron chi connectivity index (χ3n) is 3.42. The maximum atomic E-state index is 12.2. The fourth-order valence-corrected chi connectivity index (χ4v) is 2.38. The van der Waals surface area contributed by atoms with Crippen LogP contribution in [0.2, 0.25) is 0 Å². The molecule has 2 aromatic carbocycles. The van der Waals surface area contributed by atoms with Crippen LogP contribution in [0.3, 0.4) is 0 Å². The Morgan fingerprint density at radius 2 is 2.00 bits per heavy atom. The summed E-state index contributed by atoms with van der Waals surface area (Å²) in [6.07, 6.45) is 0. The largest absolute Gasteiger partial charge is 0.494 e. The van der Waals surface area contributed by atoms with Crippen molar-refractivity contribution in [1.82, 2.24) is 9.97 Å². The Kier molecular flexibility index (Phi) is 4.14. The van der Waals surface area contributed by atoms with E-state index in [1.807, 2.05) is 6.92 Å². The number of nitrogens with one attached hydrogen (secondary N) is 1. The van der Waals surface area contributed by atoms with E-state index in [2.05, 4.69) is 9.97 Å². The summed E-state index contributed by atoms with van der Waals surface area (Å²) < 4.78 is 5.43. The van der Waals surface area contributed by atoms with Crippen LogP contribution >= 0.6 is 0 Å². The smallest absolute Gasteiger partial charge is 0.488 e. The topological polar surface area (TPSA) is 95.4 Å². The monoisotopic (exact) mass is 310 g/mol. The van der Waals surface area contributed by atoms with Crippen molar-refractivity contribution >= 4 is 23.5 Å². The zero-order valence-electron chi connectivity index (χ0n) is 12.5. The van der Waals surface area contributed by atoms with Crippen molar-refractivity contribution in [3.8, 4) is 17.1 Å². The average molecular weight is 310 g/mol. The molecule has 0 saturated heterocycles. The predicted molar refractivity (Wildman–Crippen MR) is 88.8 cm³/mol. The van der Waals surface area contributed by atoms with Crippen LogP contribution in [0.1, 0.15) is 6.92 Å². The Morgan fingerprint density at radius 1 is 1.22 bits per heavy atom. The van der Waals surface area contributed by atoms with Gasteiger partial charge in [-0.25, -0.2) is 4.98 Å². The van der Waals surface area contributed by atoms with Crippen LogP contribution in [0.25, 0.3) is 22.3 Å². The van der Waals surface area contributed by atoms with E-state index in [1.54, 1.807) is 36.4 Å². The molecule has 3 aromatic rings. The normalized spacial score (nSPS) is 10.7. The minimum atomic E-state index is -1.64. The van der Waals surface area contributed by atoms with Gasteiger partial charge in [-0.05, 0) is 36.7 Å². The molecule has 0 radical (unpaired) electrons. The van der Waals surface area contributed by atoms with Gasteiger partial charge in [0.1, 0.15) is 11.6 Å². The van der Waals surface area contributed by atoms with Crippen molar-refractivity contribution in [2.45, 2.75) is 6.92 Å². The number of hydrogen-bond acceptors (Lipinski definition) is 5. The Labute approximate surface area is 132 Å². The van der Waals surface area contributed by atoms with Gasteiger partial charge in [-0.2, -0.15) is 0 Å². The highest BCUT2D eigenvalue weighted by atomic mass is 16.5. The maximum Gasteiger partial charge on any atom is 0.488 e. The summed E-state index contributed by atoms with van der Waals surface area (Å²) in [4.78, 5) is 19.3. The summed E-state index contributed by atoms with van der Waals surface area (Å²) in [6.45, 7) is 2.27. The van der Waals surface area contributed by atoms with Gasteiger partial charge in [0.2, 0.25) is 0 Å². The predicted octanol–water partition coefficient (Wildman–Crippen LogP) is 0.669. The fourth-order valence-electron chi connectivity index (χ4n) is 2.38. The van der Waals surface area contributed by atoms with Gasteiger partial charge in [0.25, 0.3) is 5.56 Å². The van der Waals surface area contributed by atoms with Crippen molar-refractivity contribution < 1.29 is 14.8 Å². The van der Waals surface area contributed by atoms with E-state index in [0.717, 1.165) is 0 Å². The van der Waals surface area contributed by atoms with Crippen LogP contribution in [0.15, 0.2) is 47.3 Å². The number of nitrogens with zero attached hydrogens (tertiary/aromatic N) is 1. The molecule has 0 spiro atoms. The minimum absolute atomic E-state index is 0.251. The molecule has 1 aromatic heterocycles. The van der Waals surface area contributed by atoms with Gasteiger partial charge >= 0.3 is 7.12 Å². The van der Waals surface area contributed by atoms with Crippen LogP contribution in [0, 0.1) is 0 Å². The molecule has 1 heterocycles. The van der Waals surface area contributed by atoms with Crippen LogP contribution in [-0.2, 0) is 0 Å². The molecule has 0 aliphatic rings. The van der Waals surface area contributed by atoms with Crippen LogP contribution < -0.4 is 15.8 Å². The summed E-state index contributed by atoms with van der Waals surface area (Å²) in [5.41, 5.74) is 1.13. The summed E-state index contributed by atoms with van der Waals surface area (Å²) in [5, 5.41) is 19.3. The molecule has 3 N–H and O–H groups in total. The second-order valence-corrected chi connectivity index (χ2v) is 5.03. The van der Waals surface area contributed by atoms with Crippen molar-refractivity contribution in [1.29, 1.82) is 0 Å². The van der Waals surface area contributed by atoms with E-state index < -0.39 is 7.12 Å². The average Bonchev–Trinajstić information content (AvgIpc) is 2.55. The molecule has 0 atom stereocenters. The van der Waals surface area contributed by atoms with E-state index >= 15 is 0 Å². The minimum Gasteiger partial charge on any atom is -0.494 e. The lowest BCUT2D eigenvalue weighted by Crippen LogP contribution is -2.30. The quantitative estimate of drug-likeness (QED) is 0.616. The lowest BCUT2D eigenvalue weighted by atomic mass is 9.79. The summed E-state index contributed by atoms with van der Waals surface area (Å²) in [6, 6.07) is 11.8. The molecule has 7 heteroatoms. The van der Waals surface area contributed by atoms with E-state index in [4.69, 9.17) is 4.74 Å². The Bertz CT molecular complexity index is 908. The van der Waals surface area contributed by atoms with Crippen LogP contribution in [-0.4, -0.2) is 33.7 Å². The fraction of sp³-hybridized carbons (Fsp3) is 0.125. The number of aromatic nitrogens is 2. The van der Waals surface area contributed by atoms with Gasteiger partial charge in [0.05, 0.1) is 17.5 Å². The number of hydrogen-bond donors (Lipinski definition) is 3. The van der Waals surface area contributed by atoms with Crippen molar-refractivity contribution in [2.24, 2.45) is 0 Å². The van der Waals surface area contributed by atoms with Crippen molar-refractivity contribution in [2.75, 3.05) is 6.61 Å². The van der Waals surface area contributed by atoms with Crippen LogP contribution in [0.5, 0.6) is 5.75 Å². The number of aromatic amines is 1. The molecule has 0 aliphatic heterocycles. The van der Waals surface area contributed by atoms with Gasteiger partial charge < -0.3 is 19.8 Å². The number of rotatable bonds is 4. The van der Waals surface area contributed by atoms with Gasteiger partial charge in [-0.3, -0.25) is 4.79 Å². The Balaban J connectivity index is 2.19. The summed E-state index contributed by atoms with van der Waals surface area (Å²) in [5.74, 6) is 0.820. The molecule has 116 valence electrons. The zero-order chi connectivity index (χ0) is 16.4. The van der Waals surface area contributed by atoms with E-state index in [-0.39, 0.29) is 11.0 Å². The molecule has 0 unspecified atom stereocenters. The lowest BCUT2D eigenvalue weighted by molar-refractivity contribution is 0.340. The third-order valence-corrected chi connectivity index (χ3v) is 3.42. The second kappa shape index (κ2) is 6.24. The highest BCUT2D eigenvalue weighted by molar-refractivity contribution is 6.58. The first kappa shape index (κ1) is 15.3. The standard InChI is InChI=1S/C16H15BN2O4/c1-2-23-12-8-10(7-11(9-12)17(21)22)15-18-14-6-4-3-5-13(14)16(20)19-15/h3-9,21-22H,2H2,1H3,(H,18,19,20). The molecule has 23 heavy (non-hydrogen) atoms. The maximum absolute atomic E-state index is 12.2. The molecule has 3 rings (SSSR count). The highest BCUT2D eigenvalue weighted by Gasteiger charge is 2.15. The summed E-state index contributed by atoms with van der Waals surface area (Å²) in [7, 11) is -1.64. The summed E-state index contributed by atoms with van der Waals surface area (Å²) >= 11 is 0. The molecule has 0 fully saturated rings. The lowest BCUT2D eigenvalue weighted by Gasteiger charge is -2.10. The Morgan fingerprint density at radius 3 is 2.74 bits per heavy atom. The number of benzene rings is 2. The number of para-hydroxylation sites is 1. The number of ether oxygens (including phenoxy) is 1. The third kappa shape index (κ3) is 3.11. The van der Waals surface area contributed by atoms with Gasteiger partial charge in [-0.15, -0.1) is 0 Å². The van der Waals surface area contributed by atoms with E-state index in [9.17, 15) is 14.8 Å². The molecular formula is C16H15BN2O4. The van der Waals surface area contributed by atoms with Gasteiger partial charge in [0, 0.05) is 5.56 Å². The zero-order valence-corrected chi connectivity index (χ0v) is 12.5. The van der Waals surface area contributed by atoms with Gasteiger partial charge in [0.15, 0.2) is 0 Å². The van der Waals surface area contributed by atoms with Gasteiger partial charge in [-0.1, -0.05) is 18.2 Å².